The van der Waals surface area contributed by atoms with E-state index in [9.17, 15) is 4.79 Å². The SMILES string of the molecule is C=CCNC(=O)c1ccc(NCc2cccnc2)cn1. The molecule has 0 saturated heterocycles. The summed E-state index contributed by atoms with van der Waals surface area (Å²) < 4.78 is 0. The molecule has 2 heterocycles. The van der Waals surface area contributed by atoms with Crippen molar-refractivity contribution in [2.24, 2.45) is 0 Å². The van der Waals surface area contributed by atoms with Crippen LogP contribution in [0.25, 0.3) is 0 Å². The Morgan fingerprint density at radius 3 is 2.85 bits per heavy atom. The minimum Gasteiger partial charge on any atom is -0.380 e. The molecule has 0 aliphatic rings. The van der Waals surface area contributed by atoms with E-state index in [-0.39, 0.29) is 5.91 Å². The maximum atomic E-state index is 11.6. The predicted octanol–water partition coefficient (Wildman–Crippen LogP) is 2.00. The molecule has 5 heteroatoms. The van der Waals surface area contributed by atoms with E-state index in [1.165, 1.54) is 0 Å². The molecular formula is C15H16N4O. The third-order valence-corrected chi connectivity index (χ3v) is 2.62. The van der Waals surface area contributed by atoms with E-state index in [4.69, 9.17) is 0 Å². The predicted molar refractivity (Wildman–Crippen MR) is 78.3 cm³/mol. The van der Waals surface area contributed by atoms with Crippen molar-refractivity contribution in [3.63, 3.8) is 0 Å². The van der Waals surface area contributed by atoms with Gasteiger partial charge in [-0.2, -0.15) is 0 Å². The first-order chi connectivity index (χ1) is 9.79. The molecule has 0 radical (unpaired) electrons. The van der Waals surface area contributed by atoms with Gasteiger partial charge in [0, 0.05) is 25.5 Å². The van der Waals surface area contributed by atoms with Crippen LogP contribution in [0.15, 0.2) is 55.5 Å². The van der Waals surface area contributed by atoms with Crippen molar-refractivity contribution in [1.82, 2.24) is 15.3 Å². The Morgan fingerprint density at radius 1 is 1.30 bits per heavy atom. The number of rotatable bonds is 6. The van der Waals surface area contributed by atoms with Crippen LogP contribution in [0, 0.1) is 0 Å². The minimum absolute atomic E-state index is 0.205. The van der Waals surface area contributed by atoms with Crippen molar-refractivity contribution >= 4 is 11.6 Å². The maximum Gasteiger partial charge on any atom is 0.270 e. The van der Waals surface area contributed by atoms with Crippen molar-refractivity contribution in [2.75, 3.05) is 11.9 Å². The van der Waals surface area contributed by atoms with E-state index >= 15 is 0 Å². The van der Waals surface area contributed by atoms with Gasteiger partial charge in [-0.3, -0.25) is 9.78 Å². The van der Waals surface area contributed by atoms with Crippen LogP contribution in [0.5, 0.6) is 0 Å². The topological polar surface area (TPSA) is 66.9 Å². The van der Waals surface area contributed by atoms with Gasteiger partial charge in [0.15, 0.2) is 0 Å². The lowest BCUT2D eigenvalue weighted by atomic mass is 10.2. The summed E-state index contributed by atoms with van der Waals surface area (Å²) in [7, 11) is 0. The molecule has 0 aliphatic heterocycles. The standard InChI is InChI=1S/C15H16N4O/c1-2-7-17-15(20)14-6-5-13(11-19-14)18-10-12-4-3-8-16-9-12/h2-6,8-9,11,18H,1,7,10H2,(H,17,20). The molecule has 20 heavy (non-hydrogen) atoms. The van der Waals surface area contributed by atoms with Crippen molar-refractivity contribution < 1.29 is 4.79 Å². The van der Waals surface area contributed by atoms with Crippen LogP contribution in [-0.2, 0) is 6.54 Å². The Bertz CT molecular complexity index is 566. The largest absolute Gasteiger partial charge is 0.380 e. The van der Waals surface area contributed by atoms with E-state index < -0.39 is 0 Å². The highest BCUT2D eigenvalue weighted by Gasteiger charge is 2.05. The first-order valence-electron chi connectivity index (χ1n) is 6.27. The molecule has 0 unspecified atom stereocenters. The van der Waals surface area contributed by atoms with Gasteiger partial charge in [-0.15, -0.1) is 6.58 Å². The number of carbonyl (C=O) groups is 1. The summed E-state index contributed by atoms with van der Waals surface area (Å²) in [6.45, 7) is 4.64. The van der Waals surface area contributed by atoms with Crippen LogP contribution in [0.1, 0.15) is 16.1 Å². The normalized spacial score (nSPS) is 9.80. The molecule has 0 fully saturated rings. The zero-order valence-corrected chi connectivity index (χ0v) is 11.0. The first-order valence-corrected chi connectivity index (χ1v) is 6.27. The van der Waals surface area contributed by atoms with Gasteiger partial charge in [0.05, 0.1) is 11.9 Å². The fraction of sp³-hybridized carbons (Fsp3) is 0.133. The van der Waals surface area contributed by atoms with Crippen LogP contribution in [0.2, 0.25) is 0 Å². The van der Waals surface area contributed by atoms with Crippen molar-refractivity contribution in [2.45, 2.75) is 6.54 Å². The van der Waals surface area contributed by atoms with Gasteiger partial charge >= 0.3 is 0 Å². The highest BCUT2D eigenvalue weighted by Crippen LogP contribution is 2.08. The summed E-state index contributed by atoms with van der Waals surface area (Å²) in [5, 5.41) is 5.90. The Kier molecular flexibility index (Phi) is 4.83. The van der Waals surface area contributed by atoms with Crippen molar-refractivity contribution in [1.29, 1.82) is 0 Å². The Hall–Kier alpha value is -2.69. The van der Waals surface area contributed by atoms with E-state index in [1.54, 1.807) is 30.7 Å². The highest BCUT2D eigenvalue weighted by molar-refractivity contribution is 5.92. The second-order valence-corrected chi connectivity index (χ2v) is 4.15. The van der Waals surface area contributed by atoms with Gasteiger partial charge in [0.2, 0.25) is 0 Å². The summed E-state index contributed by atoms with van der Waals surface area (Å²) >= 11 is 0. The molecule has 0 atom stereocenters. The third-order valence-electron chi connectivity index (χ3n) is 2.62. The van der Waals surface area contributed by atoms with E-state index in [1.807, 2.05) is 18.2 Å². The maximum absolute atomic E-state index is 11.6. The molecule has 2 N–H and O–H groups in total. The van der Waals surface area contributed by atoms with E-state index in [2.05, 4.69) is 27.2 Å². The number of carbonyl (C=O) groups excluding carboxylic acids is 1. The number of aromatic nitrogens is 2. The first kappa shape index (κ1) is 13.7. The van der Waals surface area contributed by atoms with Crippen LogP contribution >= 0.6 is 0 Å². The number of hydrogen-bond donors (Lipinski definition) is 2. The molecule has 0 spiro atoms. The summed E-state index contributed by atoms with van der Waals surface area (Å²) in [6.07, 6.45) is 6.81. The molecule has 5 nitrogen and oxygen atoms in total. The lowest BCUT2D eigenvalue weighted by Gasteiger charge is -2.07. The third kappa shape index (κ3) is 3.91. The van der Waals surface area contributed by atoms with Crippen LogP contribution in [0.4, 0.5) is 5.69 Å². The molecule has 0 bridgehead atoms. The molecule has 0 aromatic carbocycles. The molecule has 2 rings (SSSR count). The minimum atomic E-state index is -0.205. The second kappa shape index (κ2) is 7.04. The molecule has 102 valence electrons. The Balaban J connectivity index is 1.91. The number of amides is 1. The Morgan fingerprint density at radius 2 is 2.20 bits per heavy atom. The van der Waals surface area contributed by atoms with Gasteiger partial charge in [0.1, 0.15) is 5.69 Å². The van der Waals surface area contributed by atoms with E-state index in [0.717, 1.165) is 11.3 Å². The Labute approximate surface area is 117 Å². The summed E-state index contributed by atoms with van der Waals surface area (Å²) in [4.78, 5) is 19.8. The number of nitrogens with zero attached hydrogens (tertiary/aromatic N) is 2. The van der Waals surface area contributed by atoms with Crippen molar-refractivity contribution in [3.05, 3.63) is 66.8 Å². The monoisotopic (exact) mass is 268 g/mol. The average molecular weight is 268 g/mol. The number of anilines is 1. The fourth-order valence-corrected chi connectivity index (χ4v) is 1.59. The lowest BCUT2D eigenvalue weighted by molar-refractivity contribution is 0.0953. The smallest absolute Gasteiger partial charge is 0.270 e. The highest BCUT2D eigenvalue weighted by atomic mass is 16.1. The van der Waals surface area contributed by atoms with Gasteiger partial charge in [-0.1, -0.05) is 12.1 Å². The molecular weight excluding hydrogens is 252 g/mol. The zero-order valence-electron chi connectivity index (χ0n) is 11.0. The van der Waals surface area contributed by atoms with Gasteiger partial charge in [-0.25, -0.2) is 4.98 Å². The van der Waals surface area contributed by atoms with Crippen LogP contribution in [0.3, 0.4) is 0 Å². The van der Waals surface area contributed by atoms with Gasteiger partial charge in [-0.05, 0) is 23.8 Å². The molecule has 2 aromatic rings. The summed E-state index contributed by atoms with van der Waals surface area (Å²) in [6, 6.07) is 7.39. The van der Waals surface area contributed by atoms with Crippen molar-refractivity contribution in [3.8, 4) is 0 Å². The summed E-state index contributed by atoms with van der Waals surface area (Å²) in [5.41, 5.74) is 2.33. The lowest BCUT2D eigenvalue weighted by Crippen LogP contribution is -2.24. The quantitative estimate of drug-likeness (QED) is 0.786. The zero-order chi connectivity index (χ0) is 14.2. The van der Waals surface area contributed by atoms with Gasteiger partial charge < -0.3 is 10.6 Å². The van der Waals surface area contributed by atoms with Gasteiger partial charge in [0.25, 0.3) is 5.91 Å². The number of nitrogens with one attached hydrogen (secondary N) is 2. The average Bonchev–Trinajstić information content (AvgIpc) is 2.52. The summed E-state index contributed by atoms with van der Waals surface area (Å²) in [5.74, 6) is -0.205. The second-order valence-electron chi connectivity index (χ2n) is 4.15. The van der Waals surface area contributed by atoms with E-state index in [0.29, 0.717) is 18.8 Å². The fourth-order valence-electron chi connectivity index (χ4n) is 1.59. The molecule has 1 amide bonds. The van der Waals surface area contributed by atoms with Crippen LogP contribution < -0.4 is 10.6 Å². The van der Waals surface area contributed by atoms with Crippen LogP contribution in [-0.4, -0.2) is 22.4 Å². The molecule has 0 aliphatic carbocycles. The molecule has 2 aromatic heterocycles. The number of hydrogen-bond acceptors (Lipinski definition) is 4. The molecule has 0 saturated carbocycles. The number of pyridine rings is 2.